The molecular formula is C19H26N5O2S2+. The van der Waals surface area contributed by atoms with Gasteiger partial charge in [-0.2, -0.15) is 0 Å². The zero-order valence-corrected chi connectivity index (χ0v) is 17.3. The molecule has 0 saturated carbocycles. The zero-order valence-electron chi connectivity index (χ0n) is 15.7. The number of carbonyl (C=O) groups is 1. The fourth-order valence-corrected chi connectivity index (χ4v) is 3.99. The van der Waals surface area contributed by atoms with Crippen LogP contribution in [0.1, 0.15) is 6.42 Å². The van der Waals surface area contributed by atoms with Gasteiger partial charge in [0, 0.05) is 29.4 Å². The molecule has 0 atom stereocenters. The number of ether oxygens (including phenoxy) is 1. The predicted molar refractivity (Wildman–Crippen MR) is 115 cm³/mol. The van der Waals surface area contributed by atoms with Gasteiger partial charge in [0.1, 0.15) is 13.1 Å². The Morgan fingerprint density at radius 3 is 2.89 bits per heavy atom. The van der Waals surface area contributed by atoms with Gasteiger partial charge < -0.3 is 15.0 Å². The highest BCUT2D eigenvalue weighted by molar-refractivity contribution is 8.00. The van der Waals surface area contributed by atoms with Crippen molar-refractivity contribution in [1.29, 1.82) is 0 Å². The molecule has 0 spiro atoms. The van der Waals surface area contributed by atoms with E-state index in [4.69, 9.17) is 17.0 Å². The molecule has 1 amide bonds. The monoisotopic (exact) mass is 420 g/mol. The van der Waals surface area contributed by atoms with Crippen LogP contribution < -0.4 is 21.1 Å². The lowest BCUT2D eigenvalue weighted by molar-refractivity contribution is -0.908. The molecule has 0 radical (unpaired) electrons. The van der Waals surface area contributed by atoms with Gasteiger partial charge >= 0.3 is 0 Å². The number of hydrogen-bond donors (Lipinski definition) is 4. The highest BCUT2D eigenvalue weighted by atomic mass is 32.2. The molecule has 9 heteroatoms. The van der Waals surface area contributed by atoms with Crippen molar-refractivity contribution < 1.29 is 14.4 Å². The Labute approximate surface area is 174 Å². The molecule has 1 saturated heterocycles. The number of aromatic nitrogens is 1. The molecule has 0 aliphatic carbocycles. The van der Waals surface area contributed by atoms with Gasteiger partial charge in [-0.3, -0.25) is 20.6 Å². The number of thiocarbonyl (C=S) groups is 1. The minimum absolute atomic E-state index is 0.139. The van der Waals surface area contributed by atoms with Crippen LogP contribution in [0.25, 0.3) is 10.9 Å². The van der Waals surface area contributed by atoms with Crippen molar-refractivity contribution in [2.75, 3.05) is 45.1 Å². The van der Waals surface area contributed by atoms with Crippen molar-refractivity contribution in [1.82, 2.24) is 21.2 Å². The molecule has 1 aromatic heterocycles. The van der Waals surface area contributed by atoms with Crippen LogP contribution in [-0.4, -0.2) is 61.1 Å². The maximum absolute atomic E-state index is 12.1. The maximum Gasteiger partial charge on any atom is 0.248 e. The van der Waals surface area contributed by atoms with Crippen molar-refractivity contribution in [3.8, 4) is 0 Å². The second-order valence-electron chi connectivity index (χ2n) is 6.51. The standard InChI is InChI=1S/C19H25N5O2S2/c25-17(14-28-16-6-1-4-15-5-2-7-20-18(15)16)22-23-19(27)21-8-3-9-24-10-12-26-13-11-24/h1-2,4-7H,3,8-14H2,(H,22,25)(H2,21,23,27)/p+1. The number of hydrogen-bond acceptors (Lipinski definition) is 5. The Morgan fingerprint density at radius 2 is 2.04 bits per heavy atom. The number of fused-ring (bicyclic) bond motifs is 1. The fraction of sp³-hybridized carbons (Fsp3) is 0.421. The molecule has 2 aromatic rings. The third kappa shape index (κ3) is 6.59. The third-order valence-corrected chi connectivity index (χ3v) is 5.76. The summed E-state index contributed by atoms with van der Waals surface area (Å²) in [5, 5.41) is 4.62. The highest BCUT2D eigenvalue weighted by Gasteiger charge is 2.12. The summed E-state index contributed by atoms with van der Waals surface area (Å²) in [6, 6.07) is 9.88. The van der Waals surface area contributed by atoms with Crippen LogP contribution in [0.2, 0.25) is 0 Å². The Kier molecular flexibility index (Phi) is 8.28. The molecule has 3 rings (SSSR count). The number of rotatable bonds is 7. The lowest BCUT2D eigenvalue weighted by Gasteiger charge is -2.23. The van der Waals surface area contributed by atoms with Gasteiger partial charge in [0.05, 0.1) is 31.0 Å². The van der Waals surface area contributed by atoms with Crippen molar-refractivity contribution in [3.05, 3.63) is 36.5 Å². The molecule has 0 unspecified atom stereocenters. The topological polar surface area (TPSA) is 79.7 Å². The summed E-state index contributed by atoms with van der Waals surface area (Å²) in [6.45, 7) is 5.72. The number of quaternary nitrogens is 1. The van der Waals surface area contributed by atoms with Crippen LogP contribution in [0, 0.1) is 0 Å². The average molecular weight is 421 g/mol. The van der Waals surface area contributed by atoms with E-state index >= 15 is 0 Å². The molecule has 1 aromatic carbocycles. The number of nitrogens with one attached hydrogen (secondary N) is 4. The van der Waals surface area contributed by atoms with Gasteiger partial charge in [-0.15, -0.1) is 11.8 Å². The first-order chi connectivity index (χ1) is 13.7. The predicted octanol–water partition coefficient (Wildman–Crippen LogP) is 0.127. The van der Waals surface area contributed by atoms with Crippen LogP contribution in [0.4, 0.5) is 0 Å². The fourth-order valence-electron chi connectivity index (χ4n) is 2.99. The van der Waals surface area contributed by atoms with Gasteiger partial charge in [-0.25, -0.2) is 0 Å². The number of para-hydroxylation sites is 1. The average Bonchev–Trinajstić information content (AvgIpc) is 2.74. The smallest absolute Gasteiger partial charge is 0.248 e. The van der Waals surface area contributed by atoms with E-state index in [1.807, 2.05) is 30.3 Å². The quantitative estimate of drug-likeness (QED) is 0.219. The molecule has 0 bridgehead atoms. The molecule has 1 aliphatic heterocycles. The molecular weight excluding hydrogens is 394 g/mol. The number of hydrazine groups is 1. The second kappa shape index (κ2) is 11.2. The number of amides is 1. The number of pyridine rings is 1. The summed E-state index contributed by atoms with van der Waals surface area (Å²) in [6.07, 6.45) is 2.79. The van der Waals surface area contributed by atoms with Crippen molar-refractivity contribution in [2.24, 2.45) is 0 Å². The lowest BCUT2D eigenvalue weighted by Crippen LogP contribution is -3.14. The zero-order chi connectivity index (χ0) is 19.6. The Hall–Kier alpha value is -1.94. The molecule has 1 fully saturated rings. The second-order valence-corrected chi connectivity index (χ2v) is 7.94. The van der Waals surface area contributed by atoms with Crippen LogP contribution in [0.3, 0.4) is 0 Å². The summed E-state index contributed by atoms with van der Waals surface area (Å²) < 4.78 is 5.36. The van der Waals surface area contributed by atoms with E-state index < -0.39 is 0 Å². The molecule has 28 heavy (non-hydrogen) atoms. The third-order valence-electron chi connectivity index (χ3n) is 4.46. The number of nitrogens with zero attached hydrogens (tertiary/aromatic N) is 1. The summed E-state index contributed by atoms with van der Waals surface area (Å²) >= 11 is 6.66. The summed E-state index contributed by atoms with van der Waals surface area (Å²) in [5.74, 6) is 0.144. The first-order valence-electron chi connectivity index (χ1n) is 9.43. The molecule has 1 aliphatic rings. The summed E-state index contributed by atoms with van der Waals surface area (Å²) in [4.78, 5) is 19.0. The normalized spacial score (nSPS) is 14.6. The van der Waals surface area contributed by atoms with E-state index in [-0.39, 0.29) is 11.7 Å². The van der Waals surface area contributed by atoms with Gasteiger partial charge in [-0.05, 0) is 24.4 Å². The van der Waals surface area contributed by atoms with E-state index in [0.29, 0.717) is 5.11 Å². The van der Waals surface area contributed by atoms with Gasteiger partial charge in [0.25, 0.3) is 0 Å². The number of benzene rings is 1. The van der Waals surface area contributed by atoms with Crippen LogP contribution in [0.15, 0.2) is 41.4 Å². The van der Waals surface area contributed by atoms with Gasteiger partial charge in [0.2, 0.25) is 5.91 Å². The Morgan fingerprint density at radius 1 is 1.21 bits per heavy atom. The maximum atomic E-state index is 12.1. The van der Waals surface area contributed by atoms with E-state index in [2.05, 4.69) is 21.2 Å². The van der Waals surface area contributed by atoms with E-state index in [0.717, 1.165) is 61.6 Å². The van der Waals surface area contributed by atoms with Gasteiger partial charge in [0.15, 0.2) is 5.11 Å². The van der Waals surface area contributed by atoms with Crippen molar-refractivity contribution in [3.63, 3.8) is 0 Å². The first kappa shape index (κ1) is 20.8. The Bertz CT molecular complexity index is 793. The van der Waals surface area contributed by atoms with Crippen LogP contribution >= 0.6 is 24.0 Å². The molecule has 7 nitrogen and oxygen atoms in total. The largest absolute Gasteiger partial charge is 0.370 e. The number of thioether (sulfide) groups is 1. The number of morpholine rings is 1. The molecule has 150 valence electrons. The Balaban J connectivity index is 1.31. The summed E-state index contributed by atoms with van der Waals surface area (Å²) in [7, 11) is 0. The first-order valence-corrected chi connectivity index (χ1v) is 10.8. The highest BCUT2D eigenvalue weighted by Crippen LogP contribution is 2.25. The lowest BCUT2D eigenvalue weighted by atomic mass is 10.2. The van der Waals surface area contributed by atoms with Gasteiger partial charge in [-0.1, -0.05) is 18.2 Å². The molecule has 2 heterocycles. The minimum atomic E-state index is -0.139. The SMILES string of the molecule is O=C(CSc1cccc2cccnc12)NNC(=S)NCCC[NH+]1CCOCC1. The minimum Gasteiger partial charge on any atom is -0.370 e. The van der Waals surface area contributed by atoms with Crippen LogP contribution in [0.5, 0.6) is 0 Å². The van der Waals surface area contributed by atoms with Crippen molar-refractivity contribution in [2.45, 2.75) is 11.3 Å². The van der Waals surface area contributed by atoms with E-state index in [1.165, 1.54) is 11.8 Å². The molecule has 4 N–H and O–H groups in total. The van der Waals surface area contributed by atoms with Crippen LogP contribution in [-0.2, 0) is 9.53 Å². The van der Waals surface area contributed by atoms with E-state index in [1.54, 1.807) is 11.1 Å². The number of carbonyl (C=O) groups excluding carboxylic acids is 1. The summed E-state index contributed by atoms with van der Waals surface area (Å²) in [5.41, 5.74) is 6.31. The van der Waals surface area contributed by atoms with Crippen molar-refractivity contribution >= 4 is 45.9 Å². The van der Waals surface area contributed by atoms with E-state index in [9.17, 15) is 4.79 Å².